The zero-order valence-electron chi connectivity index (χ0n) is 14.4. The minimum absolute atomic E-state index is 0.0847. The first-order valence-corrected chi connectivity index (χ1v) is 10.4. The van der Waals surface area contributed by atoms with Gasteiger partial charge in [0.25, 0.3) is 5.24 Å². The van der Waals surface area contributed by atoms with Crippen molar-refractivity contribution >= 4 is 33.3 Å². The molecule has 2 amide bonds. The molecule has 1 atom stereocenters. The summed E-state index contributed by atoms with van der Waals surface area (Å²) >= 11 is 0.994. The number of ether oxygens (including phenoxy) is 1. The molecule has 2 aromatic rings. The Bertz CT molecular complexity index is 960. The Morgan fingerprint density at radius 1 is 1.11 bits per heavy atom. The van der Waals surface area contributed by atoms with E-state index < -0.39 is 15.6 Å². The number of aromatic nitrogens is 1. The average molecular weight is 424 g/mol. The van der Waals surface area contributed by atoms with Gasteiger partial charge in [0.1, 0.15) is 5.75 Å². The van der Waals surface area contributed by atoms with Gasteiger partial charge in [-0.15, -0.1) is 0 Å². The number of hydrogen-bond donors (Lipinski definition) is 2. The lowest BCUT2D eigenvalue weighted by molar-refractivity contribution is -0.118. The van der Waals surface area contributed by atoms with Crippen LogP contribution in [0, 0.1) is 0 Å². The van der Waals surface area contributed by atoms with E-state index in [1.54, 1.807) is 18.2 Å². The van der Waals surface area contributed by atoms with Crippen molar-refractivity contribution in [1.29, 1.82) is 0 Å². The molecule has 2 heterocycles. The van der Waals surface area contributed by atoms with Crippen LogP contribution in [0.1, 0.15) is 11.3 Å². The Kier molecular flexibility index (Phi) is 6.17. The van der Waals surface area contributed by atoms with E-state index in [0.717, 1.165) is 17.3 Å². The summed E-state index contributed by atoms with van der Waals surface area (Å²) in [6, 6.07) is 10.2. The van der Waals surface area contributed by atoms with Crippen molar-refractivity contribution in [2.75, 3.05) is 6.61 Å². The molecule has 1 aliphatic heterocycles. The maximum atomic E-state index is 11.6. The van der Waals surface area contributed by atoms with Crippen LogP contribution in [0.3, 0.4) is 0 Å². The van der Waals surface area contributed by atoms with Gasteiger partial charge in [0.05, 0.1) is 18.1 Å². The molecule has 0 aliphatic carbocycles. The number of pyridine rings is 1. The van der Waals surface area contributed by atoms with Gasteiger partial charge < -0.3 is 8.92 Å². The lowest BCUT2D eigenvalue weighted by atomic mass is 10.1. The van der Waals surface area contributed by atoms with E-state index in [2.05, 4.69) is 14.5 Å². The molecule has 1 aromatic carbocycles. The minimum atomic E-state index is -4.56. The van der Waals surface area contributed by atoms with Crippen LogP contribution >= 0.6 is 11.8 Å². The fourth-order valence-corrected chi connectivity index (χ4v) is 3.67. The van der Waals surface area contributed by atoms with E-state index in [0.29, 0.717) is 30.9 Å². The van der Waals surface area contributed by atoms with Crippen LogP contribution < -0.4 is 14.2 Å². The molecular weight excluding hydrogens is 408 g/mol. The summed E-state index contributed by atoms with van der Waals surface area (Å²) in [5.74, 6) is 0.295. The van der Waals surface area contributed by atoms with E-state index in [4.69, 9.17) is 9.29 Å². The van der Waals surface area contributed by atoms with Crippen molar-refractivity contribution in [2.24, 2.45) is 0 Å². The second kappa shape index (κ2) is 8.59. The fourth-order valence-electron chi connectivity index (χ4n) is 2.47. The molecule has 1 saturated heterocycles. The maximum absolute atomic E-state index is 11.6. The summed E-state index contributed by atoms with van der Waals surface area (Å²) < 4.78 is 39.8. The van der Waals surface area contributed by atoms with Crippen molar-refractivity contribution < 1.29 is 31.5 Å². The molecule has 1 aliphatic rings. The first-order valence-electron chi connectivity index (χ1n) is 8.13. The predicted molar refractivity (Wildman–Crippen MR) is 101 cm³/mol. The van der Waals surface area contributed by atoms with E-state index in [-0.39, 0.29) is 16.9 Å². The maximum Gasteiger partial charge on any atom is 0.446 e. The van der Waals surface area contributed by atoms with Crippen molar-refractivity contribution in [3.05, 3.63) is 53.9 Å². The molecule has 9 nitrogen and oxygen atoms in total. The van der Waals surface area contributed by atoms with Crippen LogP contribution in [0.25, 0.3) is 0 Å². The van der Waals surface area contributed by atoms with Gasteiger partial charge in [-0.1, -0.05) is 23.9 Å². The quantitative estimate of drug-likeness (QED) is 0.609. The molecule has 11 heteroatoms. The standard InChI is InChI=1S/C17H16N2O7S2/c20-16-15(27-17(21)19-16)9-11-1-4-13(5-2-11)25-8-7-12-3-6-14(10-18-12)26-28(22,23)24/h1-6,10,15H,7-9H2,(H,19,20,21)(H,22,23,24). The van der Waals surface area contributed by atoms with Crippen LogP contribution in [0.2, 0.25) is 0 Å². The summed E-state index contributed by atoms with van der Waals surface area (Å²) in [5.41, 5.74) is 1.58. The highest BCUT2D eigenvalue weighted by Gasteiger charge is 2.31. The van der Waals surface area contributed by atoms with Gasteiger partial charge in [0, 0.05) is 12.1 Å². The molecule has 0 spiro atoms. The zero-order valence-corrected chi connectivity index (χ0v) is 16.0. The Morgan fingerprint density at radius 2 is 1.82 bits per heavy atom. The second-order valence-corrected chi connectivity index (χ2v) is 8.02. The summed E-state index contributed by atoms with van der Waals surface area (Å²) in [7, 11) is -4.56. The van der Waals surface area contributed by atoms with E-state index in [1.165, 1.54) is 12.3 Å². The van der Waals surface area contributed by atoms with Crippen molar-refractivity contribution in [3.63, 3.8) is 0 Å². The van der Waals surface area contributed by atoms with Gasteiger partial charge in [-0.25, -0.2) is 0 Å². The third kappa shape index (κ3) is 5.94. The van der Waals surface area contributed by atoms with Crippen LogP contribution in [0.5, 0.6) is 11.5 Å². The average Bonchev–Trinajstić information content (AvgIpc) is 2.94. The topological polar surface area (TPSA) is 132 Å². The number of carbonyl (C=O) groups excluding carboxylic acids is 2. The molecular formula is C17H16N2O7S2. The predicted octanol–water partition coefficient (Wildman–Crippen LogP) is 1.78. The molecule has 1 unspecified atom stereocenters. The first-order chi connectivity index (χ1) is 13.3. The Morgan fingerprint density at radius 3 is 2.39 bits per heavy atom. The Hall–Kier alpha value is -2.63. The molecule has 28 heavy (non-hydrogen) atoms. The normalized spacial score (nSPS) is 16.7. The highest BCUT2D eigenvalue weighted by Crippen LogP contribution is 2.24. The molecule has 0 radical (unpaired) electrons. The van der Waals surface area contributed by atoms with Crippen LogP contribution in [0.4, 0.5) is 4.79 Å². The van der Waals surface area contributed by atoms with E-state index in [1.807, 2.05) is 12.1 Å². The number of nitrogens with one attached hydrogen (secondary N) is 1. The van der Waals surface area contributed by atoms with Crippen LogP contribution in [0.15, 0.2) is 42.6 Å². The monoisotopic (exact) mass is 424 g/mol. The number of nitrogens with zero attached hydrogens (tertiary/aromatic N) is 1. The van der Waals surface area contributed by atoms with Crippen molar-refractivity contribution in [3.8, 4) is 11.5 Å². The smallest absolute Gasteiger partial charge is 0.446 e. The van der Waals surface area contributed by atoms with Crippen molar-refractivity contribution in [2.45, 2.75) is 18.1 Å². The van der Waals surface area contributed by atoms with Crippen molar-refractivity contribution in [1.82, 2.24) is 10.3 Å². The highest BCUT2D eigenvalue weighted by atomic mass is 32.3. The molecule has 148 valence electrons. The molecule has 1 fully saturated rings. The number of rotatable bonds is 8. The minimum Gasteiger partial charge on any atom is -0.493 e. The lowest BCUT2D eigenvalue weighted by Gasteiger charge is -2.09. The van der Waals surface area contributed by atoms with Gasteiger partial charge >= 0.3 is 10.4 Å². The number of benzene rings is 1. The summed E-state index contributed by atoms with van der Waals surface area (Å²) in [6.45, 7) is 0.347. The van der Waals surface area contributed by atoms with Gasteiger partial charge in [-0.05, 0) is 36.2 Å². The van der Waals surface area contributed by atoms with Gasteiger partial charge in [-0.3, -0.25) is 24.4 Å². The van der Waals surface area contributed by atoms with Crippen LogP contribution in [-0.2, 0) is 28.0 Å². The number of hydrogen-bond acceptors (Lipinski definition) is 8. The SMILES string of the molecule is O=C1NC(=O)C(Cc2ccc(OCCc3ccc(OS(=O)(=O)O)cn3)cc2)S1. The molecule has 0 saturated carbocycles. The largest absolute Gasteiger partial charge is 0.493 e. The third-order valence-corrected chi connectivity index (χ3v) is 5.12. The first kappa shape index (κ1) is 20.1. The summed E-state index contributed by atoms with van der Waals surface area (Å²) in [6.07, 6.45) is 2.14. The summed E-state index contributed by atoms with van der Waals surface area (Å²) in [5, 5.41) is 1.54. The number of thioether (sulfide) groups is 1. The number of amides is 2. The number of carbonyl (C=O) groups is 2. The molecule has 0 bridgehead atoms. The van der Waals surface area contributed by atoms with Gasteiger partial charge in [0.2, 0.25) is 5.91 Å². The summed E-state index contributed by atoms with van der Waals surface area (Å²) in [4.78, 5) is 26.8. The highest BCUT2D eigenvalue weighted by molar-refractivity contribution is 8.15. The second-order valence-electron chi connectivity index (χ2n) is 5.83. The van der Waals surface area contributed by atoms with E-state index >= 15 is 0 Å². The van der Waals surface area contributed by atoms with Gasteiger partial charge in [0.15, 0.2) is 5.75 Å². The molecule has 2 N–H and O–H groups in total. The van der Waals surface area contributed by atoms with Gasteiger partial charge in [-0.2, -0.15) is 8.42 Å². The van der Waals surface area contributed by atoms with E-state index in [9.17, 15) is 18.0 Å². The molecule has 1 aromatic heterocycles. The molecule has 3 rings (SSSR count). The fraction of sp³-hybridized carbons (Fsp3) is 0.235. The Labute approximate surface area is 165 Å². The lowest BCUT2D eigenvalue weighted by Crippen LogP contribution is -2.25. The van der Waals surface area contributed by atoms with Crippen LogP contribution in [-0.4, -0.2) is 41.0 Å². The third-order valence-electron chi connectivity index (χ3n) is 3.74. The zero-order chi connectivity index (χ0) is 20.1. The Balaban J connectivity index is 1.46. The number of imide groups is 1.